The molecular formula is C30H20N2O3S. The number of thiazole rings is 1. The maximum Gasteiger partial charge on any atom is 0.344 e. The first-order valence-electron chi connectivity index (χ1n) is 11.5. The van der Waals surface area contributed by atoms with Crippen LogP contribution in [0.5, 0.6) is 0 Å². The summed E-state index contributed by atoms with van der Waals surface area (Å²) in [7, 11) is 0. The van der Waals surface area contributed by atoms with Crippen LogP contribution in [0, 0.1) is 6.92 Å². The van der Waals surface area contributed by atoms with Gasteiger partial charge in [0.2, 0.25) is 0 Å². The van der Waals surface area contributed by atoms with Crippen molar-refractivity contribution in [1.29, 1.82) is 0 Å². The maximum absolute atomic E-state index is 13.1. The Morgan fingerprint density at radius 2 is 1.69 bits per heavy atom. The fourth-order valence-electron chi connectivity index (χ4n) is 4.22. The van der Waals surface area contributed by atoms with Crippen LogP contribution in [0.3, 0.4) is 0 Å². The zero-order valence-electron chi connectivity index (χ0n) is 19.3. The minimum Gasteiger partial charge on any atom is -0.422 e. The molecule has 4 aromatic carbocycles. The lowest BCUT2D eigenvalue weighted by atomic mass is 10.0. The number of aryl methyl sites for hydroxylation is 1. The van der Waals surface area contributed by atoms with Gasteiger partial charge in [0.1, 0.15) is 10.6 Å². The van der Waals surface area contributed by atoms with Crippen molar-refractivity contribution >= 4 is 44.1 Å². The Bertz CT molecular complexity index is 1800. The van der Waals surface area contributed by atoms with Crippen molar-refractivity contribution in [2.24, 2.45) is 0 Å². The average molecular weight is 489 g/mol. The molecule has 1 amide bonds. The van der Waals surface area contributed by atoms with E-state index in [1.807, 2.05) is 61.5 Å². The summed E-state index contributed by atoms with van der Waals surface area (Å²) in [5.74, 6) is -0.252. The number of amides is 1. The molecule has 1 N–H and O–H groups in total. The first-order chi connectivity index (χ1) is 17.5. The third-order valence-electron chi connectivity index (χ3n) is 6.09. The number of benzene rings is 4. The predicted octanol–water partition coefficient (Wildman–Crippen LogP) is 7.30. The number of nitrogens with one attached hydrogen (secondary N) is 1. The summed E-state index contributed by atoms with van der Waals surface area (Å²) in [4.78, 5) is 30.4. The summed E-state index contributed by atoms with van der Waals surface area (Å²) in [5, 5.41) is 4.77. The van der Waals surface area contributed by atoms with Gasteiger partial charge in [-0.1, -0.05) is 42.5 Å². The highest BCUT2D eigenvalue weighted by molar-refractivity contribution is 7.21. The molecule has 0 bridgehead atoms. The van der Waals surface area contributed by atoms with Crippen molar-refractivity contribution in [3.8, 4) is 21.7 Å². The van der Waals surface area contributed by atoms with Crippen molar-refractivity contribution in [2.45, 2.75) is 6.92 Å². The number of aromatic nitrogens is 1. The monoisotopic (exact) mass is 488 g/mol. The van der Waals surface area contributed by atoms with E-state index in [-0.39, 0.29) is 5.91 Å². The largest absolute Gasteiger partial charge is 0.422 e. The molecule has 6 rings (SSSR count). The molecule has 0 atom stereocenters. The van der Waals surface area contributed by atoms with Gasteiger partial charge in [-0.2, -0.15) is 0 Å². The van der Waals surface area contributed by atoms with Crippen LogP contribution >= 0.6 is 11.3 Å². The lowest BCUT2D eigenvalue weighted by Gasteiger charge is -2.11. The Morgan fingerprint density at radius 3 is 2.56 bits per heavy atom. The molecule has 0 aliphatic carbocycles. The van der Waals surface area contributed by atoms with E-state index < -0.39 is 5.63 Å². The molecule has 36 heavy (non-hydrogen) atoms. The van der Waals surface area contributed by atoms with Gasteiger partial charge < -0.3 is 9.73 Å². The van der Waals surface area contributed by atoms with E-state index in [0.717, 1.165) is 37.4 Å². The summed E-state index contributed by atoms with van der Waals surface area (Å²) in [5.41, 5.74) is 5.24. The predicted molar refractivity (Wildman–Crippen MR) is 146 cm³/mol. The van der Waals surface area contributed by atoms with Crippen LogP contribution in [0.2, 0.25) is 0 Å². The van der Waals surface area contributed by atoms with Gasteiger partial charge in [-0.05, 0) is 72.6 Å². The molecule has 6 aromatic rings. The van der Waals surface area contributed by atoms with E-state index in [1.54, 1.807) is 47.7 Å². The van der Waals surface area contributed by atoms with Crippen molar-refractivity contribution in [2.75, 3.05) is 5.32 Å². The standard InChI is InChI=1S/C30H20N2O3S/c1-18-15-22(29-32-25-10-3-5-12-27(25)36-29)13-14-24(18)31-28(33)21-9-6-8-19(16-21)23-17-20-7-2-4-11-26(20)35-30(23)34/h2-17H,1H3,(H,31,33). The average Bonchev–Trinajstić information content (AvgIpc) is 3.34. The Labute approximate surface area is 210 Å². The minimum atomic E-state index is -0.437. The van der Waals surface area contributed by atoms with E-state index >= 15 is 0 Å². The molecule has 5 nitrogen and oxygen atoms in total. The van der Waals surface area contributed by atoms with Crippen LogP contribution in [0.25, 0.3) is 42.9 Å². The molecule has 0 aliphatic rings. The fourth-order valence-corrected chi connectivity index (χ4v) is 5.18. The molecule has 6 heteroatoms. The Morgan fingerprint density at radius 1 is 0.861 bits per heavy atom. The highest BCUT2D eigenvalue weighted by Gasteiger charge is 2.13. The van der Waals surface area contributed by atoms with Gasteiger partial charge >= 0.3 is 5.63 Å². The molecule has 0 saturated heterocycles. The second kappa shape index (κ2) is 8.91. The topological polar surface area (TPSA) is 72.2 Å². The van der Waals surface area contributed by atoms with Gasteiger partial charge in [0.15, 0.2) is 0 Å². The lowest BCUT2D eigenvalue weighted by molar-refractivity contribution is 0.102. The number of carbonyl (C=O) groups is 1. The van der Waals surface area contributed by atoms with Gasteiger partial charge in [-0.25, -0.2) is 9.78 Å². The van der Waals surface area contributed by atoms with Crippen LogP contribution in [0.1, 0.15) is 15.9 Å². The van der Waals surface area contributed by atoms with Gasteiger partial charge in [-0.15, -0.1) is 11.3 Å². The third-order valence-corrected chi connectivity index (χ3v) is 7.18. The quantitative estimate of drug-likeness (QED) is 0.264. The molecule has 0 spiro atoms. The summed E-state index contributed by atoms with van der Waals surface area (Å²) in [6.07, 6.45) is 0. The lowest BCUT2D eigenvalue weighted by Crippen LogP contribution is -2.13. The number of hydrogen-bond acceptors (Lipinski definition) is 5. The fraction of sp³-hybridized carbons (Fsp3) is 0.0333. The number of rotatable bonds is 4. The summed E-state index contributed by atoms with van der Waals surface area (Å²) in [6, 6.07) is 30.1. The van der Waals surface area contributed by atoms with Crippen LogP contribution in [0.15, 0.2) is 106 Å². The van der Waals surface area contributed by atoms with Crippen LogP contribution in [0.4, 0.5) is 5.69 Å². The SMILES string of the molecule is Cc1cc(-c2nc3ccccc3s2)ccc1NC(=O)c1cccc(-c2cc3ccccc3oc2=O)c1. The van der Waals surface area contributed by atoms with Crippen molar-refractivity contribution < 1.29 is 9.21 Å². The zero-order chi connectivity index (χ0) is 24.6. The van der Waals surface area contributed by atoms with Crippen molar-refractivity contribution in [3.05, 3.63) is 119 Å². The zero-order valence-corrected chi connectivity index (χ0v) is 20.1. The third kappa shape index (κ3) is 4.08. The molecule has 2 heterocycles. The molecule has 0 radical (unpaired) electrons. The summed E-state index contributed by atoms with van der Waals surface area (Å²) in [6.45, 7) is 1.96. The minimum absolute atomic E-state index is 0.252. The Hall–Kier alpha value is -4.55. The number of hydrogen-bond donors (Lipinski definition) is 1. The van der Waals surface area contributed by atoms with Gasteiger partial charge in [0.05, 0.1) is 15.8 Å². The molecule has 174 valence electrons. The summed E-state index contributed by atoms with van der Waals surface area (Å²) < 4.78 is 6.61. The number of nitrogens with zero attached hydrogens (tertiary/aromatic N) is 1. The van der Waals surface area contributed by atoms with Crippen LogP contribution in [-0.4, -0.2) is 10.9 Å². The van der Waals surface area contributed by atoms with Crippen molar-refractivity contribution in [3.63, 3.8) is 0 Å². The van der Waals surface area contributed by atoms with Crippen LogP contribution in [-0.2, 0) is 0 Å². The Balaban J connectivity index is 1.27. The van der Waals surface area contributed by atoms with E-state index in [0.29, 0.717) is 22.3 Å². The highest BCUT2D eigenvalue weighted by Crippen LogP contribution is 2.32. The van der Waals surface area contributed by atoms with E-state index in [2.05, 4.69) is 11.4 Å². The number of carbonyl (C=O) groups excluding carboxylic acids is 1. The Kier molecular flexibility index (Phi) is 5.43. The van der Waals surface area contributed by atoms with Crippen LogP contribution < -0.4 is 10.9 Å². The van der Waals surface area contributed by atoms with E-state index in [1.165, 1.54) is 0 Å². The van der Waals surface area contributed by atoms with Crippen molar-refractivity contribution in [1.82, 2.24) is 4.98 Å². The van der Waals surface area contributed by atoms with Gasteiger partial charge in [0, 0.05) is 22.2 Å². The molecule has 2 aromatic heterocycles. The molecule has 0 unspecified atom stereocenters. The highest BCUT2D eigenvalue weighted by atomic mass is 32.1. The smallest absolute Gasteiger partial charge is 0.344 e. The maximum atomic E-state index is 13.1. The summed E-state index contributed by atoms with van der Waals surface area (Å²) >= 11 is 1.65. The second-order valence-corrected chi connectivity index (χ2v) is 9.57. The molecular weight excluding hydrogens is 468 g/mol. The molecule has 0 saturated carbocycles. The van der Waals surface area contributed by atoms with Gasteiger partial charge in [-0.3, -0.25) is 4.79 Å². The first kappa shape index (κ1) is 21.9. The second-order valence-electron chi connectivity index (χ2n) is 8.54. The normalized spacial score (nSPS) is 11.1. The molecule has 0 fully saturated rings. The van der Waals surface area contributed by atoms with Gasteiger partial charge in [0.25, 0.3) is 5.91 Å². The first-order valence-corrected chi connectivity index (χ1v) is 12.3. The van der Waals surface area contributed by atoms with E-state index in [4.69, 9.17) is 9.40 Å². The van der Waals surface area contributed by atoms with E-state index in [9.17, 15) is 9.59 Å². The number of anilines is 1. The molecule has 0 aliphatic heterocycles. The number of para-hydroxylation sites is 2. The number of fused-ring (bicyclic) bond motifs is 2.